The quantitative estimate of drug-likeness (QED) is 0.922. The number of carboxylic acid groups (broad SMARTS) is 1. The van der Waals surface area contributed by atoms with Crippen molar-refractivity contribution < 1.29 is 19.4 Å². The first-order chi connectivity index (χ1) is 12.0. The standard InChI is InChI=1S/C20H21NO4/c1-14-6-4-8-16(12-14)25-18-10-3-2-9-17(18)19(22)21-11-5-7-15(13-21)20(23)24/h2-4,6,8-10,12,15H,5,7,11,13H2,1H3,(H,23,24). The number of carbonyl (C=O) groups excluding carboxylic acids is 1. The Bertz CT molecular complexity index is 787. The smallest absolute Gasteiger partial charge is 0.308 e. The Morgan fingerprint density at radius 2 is 1.96 bits per heavy atom. The van der Waals surface area contributed by atoms with Gasteiger partial charge >= 0.3 is 5.97 Å². The first-order valence-corrected chi connectivity index (χ1v) is 8.40. The molecule has 1 aliphatic rings. The van der Waals surface area contributed by atoms with Crippen molar-refractivity contribution in [2.45, 2.75) is 19.8 Å². The van der Waals surface area contributed by atoms with Gasteiger partial charge in [-0.05, 0) is 49.6 Å². The molecule has 5 nitrogen and oxygen atoms in total. The van der Waals surface area contributed by atoms with Gasteiger partial charge in [0, 0.05) is 13.1 Å². The van der Waals surface area contributed by atoms with Gasteiger partial charge in [0.1, 0.15) is 11.5 Å². The first kappa shape index (κ1) is 17.0. The second-order valence-electron chi connectivity index (χ2n) is 6.34. The summed E-state index contributed by atoms with van der Waals surface area (Å²) in [7, 11) is 0. The third kappa shape index (κ3) is 3.99. The van der Waals surface area contributed by atoms with Crippen molar-refractivity contribution in [1.82, 2.24) is 4.90 Å². The third-order valence-corrected chi connectivity index (χ3v) is 4.39. The molecule has 0 aromatic heterocycles. The number of ether oxygens (including phenoxy) is 1. The number of carboxylic acids is 1. The van der Waals surface area contributed by atoms with Gasteiger partial charge in [0.15, 0.2) is 0 Å². The average molecular weight is 339 g/mol. The first-order valence-electron chi connectivity index (χ1n) is 8.40. The van der Waals surface area contributed by atoms with Crippen LogP contribution in [0.5, 0.6) is 11.5 Å². The Balaban J connectivity index is 1.82. The molecule has 0 spiro atoms. The summed E-state index contributed by atoms with van der Waals surface area (Å²) in [5.74, 6) is -0.378. The van der Waals surface area contributed by atoms with E-state index in [1.54, 1.807) is 23.1 Å². The summed E-state index contributed by atoms with van der Waals surface area (Å²) in [6.07, 6.45) is 1.31. The zero-order valence-corrected chi connectivity index (χ0v) is 14.1. The Morgan fingerprint density at radius 1 is 1.16 bits per heavy atom. The van der Waals surface area contributed by atoms with Gasteiger partial charge in [0.2, 0.25) is 0 Å². The predicted octanol–water partition coefficient (Wildman–Crippen LogP) is 3.72. The highest BCUT2D eigenvalue weighted by Gasteiger charge is 2.29. The number of aliphatic carboxylic acids is 1. The Hall–Kier alpha value is -2.82. The highest BCUT2D eigenvalue weighted by molar-refractivity contribution is 5.97. The maximum absolute atomic E-state index is 12.9. The molecule has 1 fully saturated rings. The van der Waals surface area contributed by atoms with Crippen LogP contribution in [-0.2, 0) is 4.79 Å². The molecule has 2 aromatic rings. The van der Waals surface area contributed by atoms with E-state index in [-0.39, 0.29) is 12.5 Å². The van der Waals surface area contributed by atoms with E-state index in [9.17, 15) is 14.7 Å². The van der Waals surface area contributed by atoms with Crippen LogP contribution < -0.4 is 4.74 Å². The van der Waals surface area contributed by atoms with Gasteiger partial charge in [-0.25, -0.2) is 0 Å². The van der Waals surface area contributed by atoms with Gasteiger partial charge in [-0.2, -0.15) is 0 Å². The van der Waals surface area contributed by atoms with Crippen molar-refractivity contribution in [2.75, 3.05) is 13.1 Å². The summed E-state index contributed by atoms with van der Waals surface area (Å²) in [6.45, 7) is 2.79. The second-order valence-corrected chi connectivity index (χ2v) is 6.34. The molecule has 2 aromatic carbocycles. The molecule has 130 valence electrons. The maximum Gasteiger partial charge on any atom is 0.308 e. The number of amides is 1. The van der Waals surface area contributed by atoms with E-state index in [0.717, 1.165) is 5.56 Å². The molecule has 0 saturated carbocycles. The van der Waals surface area contributed by atoms with Gasteiger partial charge in [-0.1, -0.05) is 24.3 Å². The number of benzene rings is 2. The van der Waals surface area contributed by atoms with Crippen molar-refractivity contribution in [3.63, 3.8) is 0 Å². The zero-order chi connectivity index (χ0) is 17.8. The number of piperidine rings is 1. The molecule has 1 unspecified atom stereocenters. The van der Waals surface area contributed by atoms with Gasteiger partial charge in [-0.3, -0.25) is 9.59 Å². The summed E-state index contributed by atoms with van der Waals surface area (Å²) < 4.78 is 5.91. The van der Waals surface area contributed by atoms with Crippen molar-refractivity contribution in [2.24, 2.45) is 5.92 Å². The highest BCUT2D eigenvalue weighted by atomic mass is 16.5. The molecule has 1 atom stereocenters. The van der Waals surface area contributed by atoms with Gasteiger partial charge < -0.3 is 14.7 Å². The van der Waals surface area contributed by atoms with Crippen LogP contribution in [0.25, 0.3) is 0 Å². The van der Waals surface area contributed by atoms with E-state index in [1.165, 1.54) is 0 Å². The lowest BCUT2D eigenvalue weighted by atomic mass is 9.97. The molecule has 0 bridgehead atoms. The number of nitrogens with zero attached hydrogens (tertiary/aromatic N) is 1. The van der Waals surface area contributed by atoms with Crippen LogP contribution in [0.4, 0.5) is 0 Å². The van der Waals surface area contributed by atoms with Gasteiger partial charge in [-0.15, -0.1) is 0 Å². The summed E-state index contributed by atoms with van der Waals surface area (Å²) >= 11 is 0. The van der Waals surface area contributed by atoms with Crippen molar-refractivity contribution in [1.29, 1.82) is 0 Å². The van der Waals surface area contributed by atoms with Crippen LogP contribution >= 0.6 is 0 Å². The SMILES string of the molecule is Cc1cccc(Oc2ccccc2C(=O)N2CCCC(C(=O)O)C2)c1. The lowest BCUT2D eigenvalue weighted by molar-refractivity contribution is -0.143. The number of aryl methyl sites for hydroxylation is 1. The molecule has 1 saturated heterocycles. The normalized spacial score (nSPS) is 17.2. The lowest BCUT2D eigenvalue weighted by Gasteiger charge is -2.31. The number of hydrogen-bond donors (Lipinski definition) is 1. The van der Waals surface area contributed by atoms with Gasteiger partial charge in [0.25, 0.3) is 5.91 Å². The maximum atomic E-state index is 12.9. The number of carbonyl (C=O) groups is 2. The fourth-order valence-electron chi connectivity index (χ4n) is 3.07. The monoisotopic (exact) mass is 339 g/mol. The minimum Gasteiger partial charge on any atom is -0.481 e. The molecule has 1 amide bonds. The Kier molecular flexibility index (Phi) is 5.03. The lowest BCUT2D eigenvalue weighted by Crippen LogP contribution is -2.42. The summed E-state index contributed by atoms with van der Waals surface area (Å²) in [5.41, 5.74) is 1.52. The van der Waals surface area contributed by atoms with Crippen LogP contribution in [0.1, 0.15) is 28.8 Å². The fraction of sp³-hybridized carbons (Fsp3) is 0.300. The predicted molar refractivity (Wildman–Crippen MR) is 94.0 cm³/mol. The van der Waals surface area contributed by atoms with E-state index in [0.29, 0.717) is 36.4 Å². The zero-order valence-electron chi connectivity index (χ0n) is 14.1. The van der Waals surface area contributed by atoms with Crippen LogP contribution in [0.2, 0.25) is 0 Å². The molecule has 1 N–H and O–H groups in total. The highest BCUT2D eigenvalue weighted by Crippen LogP contribution is 2.28. The molecule has 0 radical (unpaired) electrons. The molecule has 3 rings (SSSR count). The van der Waals surface area contributed by atoms with Crippen LogP contribution in [-0.4, -0.2) is 35.0 Å². The fourth-order valence-corrected chi connectivity index (χ4v) is 3.07. The summed E-state index contributed by atoms with van der Waals surface area (Å²) in [6, 6.07) is 14.7. The molecule has 1 aliphatic heterocycles. The number of rotatable bonds is 4. The van der Waals surface area contributed by atoms with E-state index >= 15 is 0 Å². The molecular formula is C20H21NO4. The summed E-state index contributed by atoms with van der Waals surface area (Å²) in [5, 5.41) is 9.22. The molecular weight excluding hydrogens is 318 g/mol. The second kappa shape index (κ2) is 7.38. The van der Waals surface area contributed by atoms with E-state index in [1.807, 2.05) is 37.3 Å². The van der Waals surface area contributed by atoms with Gasteiger partial charge in [0.05, 0.1) is 11.5 Å². The molecule has 25 heavy (non-hydrogen) atoms. The van der Waals surface area contributed by atoms with E-state index < -0.39 is 11.9 Å². The topological polar surface area (TPSA) is 66.8 Å². The molecule has 5 heteroatoms. The Morgan fingerprint density at radius 3 is 2.72 bits per heavy atom. The van der Waals surface area contributed by atoms with Crippen LogP contribution in [0.3, 0.4) is 0 Å². The number of hydrogen-bond acceptors (Lipinski definition) is 3. The molecule has 0 aliphatic carbocycles. The average Bonchev–Trinajstić information content (AvgIpc) is 2.62. The third-order valence-electron chi connectivity index (χ3n) is 4.39. The van der Waals surface area contributed by atoms with Crippen molar-refractivity contribution >= 4 is 11.9 Å². The van der Waals surface area contributed by atoms with Crippen LogP contribution in [0, 0.1) is 12.8 Å². The van der Waals surface area contributed by atoms with Crippen molar-refractivity contribution in [3.05, 3.63) is 59.7 Å². The molecule has 1 heterocycles. The number of likely N-dealkylation sites (tertiary alicyclic amines) is 1. The van der Waals surface area contributed by atoms with E-state index in [2.05, 4.69) is 0 Å². The minimum atomic E-state index is -0.846. The van der Waals surface area contributed by atoms with E-state index in [4.69, 9.17) is 4.74 Å². The van der Waals surface area contributed by atoms with Crippen LogP contribution in [0.15, 0.2) is 48.5 Å². The Labute approximate surface area is 146 Å². The number of para-hydroxylation sites is 1. The largest absolute Gasteiger partial charge is 0.481 e. The minimum absolute atomic E-state index is 0.186. The summed E-state index contributed by atoms with van der Waals surface area (Å²) in [4.78, 5) is 25.7. The van der Waals surface area contributed by atoms with Crippen molar-refractivity contribution in [3.8, 4) is 11.5 Å².